The molecule has 1 aliphatic heterocycles. The van der Waals surface area contributed by atoms with Crippen LogP contribution in [0.5, 0.6) is 0 Å². The molecule has 1 saturated heterocycles. The standard InChI is InChI=1S/C12H24N2O/c1-5-10(2)14(4)11(15)12(3)8-6-7-9-13-12/h10,13H,5-9H2,1-4H3. The summed E-state index contributed by atoms with van der Waals surface area (Å²) in [6.07, 6.45) is 4.32. The van der Waals surface area contributed by atoms with Crippen LogP contribution in [0.3, 0.4) is 0 Å². The van der Waals surface area contributed by atoms with E-state index in [4.69, 9.17) is 0 Å². The predicted octanol–water partition coefficient (Wildman–Crippen LogP) is 1.78. The number of rotatable bonds is 3. The summed E-state index contributed by atoms with van der Waals surface area (Å²) in [5.74, 6) is 0.247. The van der Waals surface area contributed by atoms with Gasteiger partial charge >= 0.3 is 0 Å². The Hall–Kier alpha value is -0.570. The van der Waals surface area contributed by atoms with E-state index in [-0.39, 0.29) is 11.4 Å². The van der Waals surface area contributed by atoms with E-state index >= 15 is 0 Å². The molecule has 1 rings (SSSR count). The summed E-state index contributed by atoms with van der Waals surface area (Å²) in [5, 5.41) is 3.36. The van der Waals surface area contributed by atoms with Crippen molar-refractivity contribution in [3.05, 3.63) is 0 Å². The highest BCUT2D eigenvalue weighted by molar-refractivity contribution is 5.86. The molecule has 15 heavy (non-hydrogen) atoms. The van der Waals surface area contributed by atoms with Gasteiger partial charge in [-0.1, -0.05) is 6.92 Å². The van der Waals surface area contributed by atoms with Crippen molar-refractivity contribution in [2.24, 2.45) is 0 Å². The quantitative estimate of drug-likeness (QED) is 0.773. The Morgan fingerprint density at radius 2 is 2.20 bits per heavy atom. The van der Waals surface area contributed by atoms with E-state index in [2.05, 4.69) is 19.2 Å². The number of hydrogen-bond donors (Lipinski definition) is 1. The van der Waals surface area contributed by atoms with E-state index in [1.165, 1.54) is 6.42 Å². The summed E-state index contributed by atoms with van der Waals surface area (Å²) in [5.41, 5.74) is -0.323. The zero-order chi connectivity index (χ0) is 11.5. The molecule has 0 spiro atoms. The fraction of sp³-hybridized carbons (Fsp3) is 0.917. The monoisotopic (exact) mass is 212 g/mol. The van der Waals surface area contributed by atoms with Crippen molar-refractivity contribution in [1.82, 2.24) is 10.2 Å². The third kappa shape index (κ3) is 2.71. The van der Waals surface area contributed by atoms with Crippen LogP contribution in [0, 0.1) is 0 Å². The molecular formula is C12H24N2O. The Kier molecular flexibility index (Phi) is 4.14. The molecule has 3 heteroatoms. The van der Waals surface area contributed by atoms with Crippen molar-refractivity contribution in [1.29, 1.82) is 0 Å². The number of hydrogen-bond acceptors (Lipinski definition) is 2. The lowest BCUT2D eigenvalue weighted by Gasteiger charge is -2.38. The molecule has 0 radical (unpaired) electrons. The molecule has 0 aromatic heterocycles. The van der Waals surface area contributed by atoms with Gasteiger partial charge in [0.05, 0.1) is 5.54 Å². The van der Waals surface area contributed by atoms with Gasteiger partial charge in [-0.3, -0.25) is 4.79 Å². The van der Waals surface area contributed by atoms with Crippen molar-refractivity contribution < 1.29 is 4.79 Å². The third-order valence-electron chi connectivity index (χ3n) is 3.66. The fourth-order valence-electron chi connectivity index (χ4n) is 2.10. The molecule has 0 bridgehead atoms. The van der Waals surface area contributed by atoms with Crippen LogP contribution in [-0.2, 0) is 4.79 Å². The highest BCUT2D eigenvalue weighted by atomic mass is 16.2. The number of carbonyl (C=O) groups is 1. The average Bonchev–Trinajstić information content (AvgIpc) is 2.27. The molecule has 1 aliphatic rings. The molecule has 2 unspecified atom stereocenters. The van der Waals surface area contributed by atoms with E-state index in [0.717, 1.165) is 25.8 Å². The number of likely N-dealkylation sites (N-methyl/N-ethyl adjacent to an activating group) is 1. The van der Waals surface area contributed by atoms with Crippen LogP contribution in [0.25, 0.3) is 0 Å². The van der Waals surface area contributed by atoms with Crippen LogP contribution in [0.4, 0.5) is 0 Å². The maximum absolute atomic E-state index is 12.3. The molecule has 0 aromatic carbocycles. The first kappa shape index (κ1) is 12.5. The lowest BCUT2D eigenvalue weighted by molar-refractivity contribution is -0.139. The fourth-order valence-corrected chi connectivity index (χ4v) is 2.10. The predicted molar refractivity (Wildman–Crippen MR) is 62.8 cm³/mol. The van der Waals surface area contributed by atoms with Crippen molar-refractivity contribution >= 4 is 5.91 Å². The topological polar surface area (TPSA) is 32.3 Å². The Morgan fingerprint density at radius 3 is 2.67 bits per heavy atom. The molecule has 1 heterocycles. The zero-order valence-electron chi connectivity index (χ0n) is 10.5. The number of nitrogens with one attached hydrogen (secondary N) is 1. The first-order valence-corrected chi connectivity index (χ1v) is 6.03. The van der Waals surface area contributed by atoms with Gasteiger partial charge in [0.2, 0.25) is 5.91 Å². The van der Waals surface area contributed by atoms with E-state index < -0.39 is 0 Å². The molecule has 0 aromatic rings. The van der Waals surface area contributed by atoms with Crippen molar-refractivity contribution in [3.8, 4) is 0 Å². The maximum Gasteiger partial charge on any atom is 0.242 e. The second-order valence-electron chi connectivity index (χ2n) is 4.89. The van der Waals surface area contributed by atoms with Gasteiger partial charge in [-0.15, -0.1) is 0 Å². The normalized spacial score (nSPS) is 28.5. The number of amides is 1. The summed E-state index contributed by atoms with van der Waals surface area (Å²) in [6.45, 7) is 7.22. The molecule has 0 saturated carbocycles. The first-order valence-electron chi connectivity index (χ1n) is 6.03. The highest BCUT2D eigenvalue weighted by Gasteiger charge is 2.37. The second kappa shape index (κ2) is 4.97. The Bertz CT molecular complexity index is 222. The van der Waals surface area contributed by atoms with Crippen LogP contribution in [0.1, 0.15) is 46.5 Å². The van der Waals surface area contributed by atoms with E-state index in [9.17, 15) is 4.79 Å². The molecule has 2 atom stereocenters. The molecule has 3 nitrogen and oxygen atoms in total. The molecule has 88 valence electrons. The van der Waals surface area contributed by atoms with Crippen LogP contribution in [-0.4, -0.2) is 36.0 Å². The van der Waals surface area contributed by atoms with Gasteiger partial charge in [0, 0.05) is 13.1 Å². The van der Waals surface area contributed by atoms with Crippen LogP contribution in [0.15, 0.2) is 0 Å². The zero-order valence-corrected chi connectivity index (χ0v) is 10.5. The average molecular weight is 212 g/mol. The van der Waals surface area contributed by atoms with E-state index in [0.29, 0.717) is 6.04 Å². The van der Waals surface area contributed by atoms with Crippen LogP contribution < -0.4 is 5.32 Å². The van der Waals surface area contributed by atoms with Gasteiger partial charge in [0.1, 0.15) is 0 Å². The van der Waals surface area contributed by atoms with Crippen LogP contribution in [0.2, 0.25) is 0 Å². The van der Waals surface area contributed by atoms with Gasteiger partial charge in [0.25, 0.3) is 0 Å². The summed E-state index contributed by atoms with van der Waals surface area (Å²) in [7, 11) is 1.91. The Morgan fingerprint density at radius 1 is 1.53 bits per heavy atom. The minimum Gasteiger partial charge on any atom is -0.341 e. The molecule has 1 N–H and O–H groups in total. The molecule has 0 aliphatic carbocycles. The third-order valence-corrected chi connectivity index (χ3v) is 3.66. The van der Waals surface area contributed by atoms with Gasteiger partial charge in [-0.25, -0.2) is 0 Å². The number of carbonyl (C=O) groups excluding carboxylic acids is 1. The molecule has 1 fully saturated rings. The lowest BCUT2D eigenvalue weighted by atomic mass is 9.89. The van der Waals surface area contributed by atoms with Gasteiger partial charge in [-0.05, 0) is 46.1 Å². The summed E-state index contributed by atoms with van der Waals surface area (Å²) in [6, 6.07) is 0.332. The molecule has 1 amide bonds. The van der Waals surface area contributed by atoms with Crippen molar-refractivity contribution in [2.45, 2.75) is 58.0 Å². The largest absolute Gasteiger partial charge is 0.341 e. The highest BCUT2D eigenvalue weighted by Crippen LogP contribution is 2.21. The van der Waals surface area contributed by atoms with Gasteiger partial charge in [-0.2, -0.15) is 0 Å². The second-order valence-corrected chi connectivity index (χ2v) is 4.89. The van der Waals surface area contributed by atoms with E-state index in [1.807, 2.05) is 18.9 Å². The minimum atomic E-state index is -0.323. The van der Waals surface area contributed by atoms with Crippen LogP contribution >= 0.6 is 0 Å². The Labute approximate surface area is 93.2 Å². The van der Waals surface area contributed by atoms with Gasteiger partial charge < -0.3 is 10.2 Å². The summed E-state index contributed by atoms with van der Waals surface area (Å²) in [4.78, 5) is 14.2. The molecular weight excluding hydrogens is 188 g/mol. The van der Waals surface area contributed by atoms with E-state index in [1.54, 1.807) is 0 Å². The van der Waals surface area contributed by atoms with Crippen molar-refractivity contribution in [2.75, 3.05) is 13.6 Å². The lowest BCUT2D eigenvalue weighted by Crippen LogP contribution is -2.58. The Balaban J connectivity index is 2.65. The SMILES string of the molecule is CCC(C)N(C)C(=O)C1(C)CCCCN1. The number of piperidine rings is 1. The minimum absolute atomic E-state index is 0.247. The van der Waals surface area contributed by atoms with Crippen molar-refractivity contribution in [3.63, 3.8) is 0 Å². The number of nitrogens with zero attached hydrogens (tertiary/aromatic N) is 1. The smallest absolute Gasteiger partial charge is 0.242 e. The summed E-state index contributed by atoms with van der Waals surface area (Å²) < 4.78 is 0. The maximum atomic E-state index is 12.3. The summed E-state index contributed by atoms with van der Waals surface area (Å²) >= 11 is 0. The first-order chi connectivity index (χ1) is 7.01. The van der Waals surface area contributed by atoms with Gasteiger partial charge in [0.15, 0.2) is 0 Å².